The van der Waals surface area contributed by atoms with E-state index in [2.05, 4.69) is 14.1 Å². The van der Waals surface area contributed by atoms with Gasteiger partial charge in [-0.05, 0) is 12.5 Å². The molecule has 1 atom stereocenters. The summed E-state index contributed by atoms with van der Waals surface area (Å²) in [4.78, 5) is 12.0. The number of nitrogens with zero attached hydrogens (tertiary/aromatic N) is 2. The minimum Gasteiger partial charge on any atom is -0.322 e. The van der Waals surface area contributed by atoms with Crippen molar-refractivity contribution in [1.82, 2.24) is 8.75 Å². The number of anilines is 1. The summed E-state index contributed by atoms with van der Waals surface area (Å²) in [6.07, 6.45) is 2.52. The van der Waals surface area contributed by atoms with Gasteiger partial charge in [-0.3, -0.25) is 4.79 Å². The number of halogens is 2. The van der Waals surface area contributed by atoms with Gasteiger partial charge in [0.2, 0.25) is 5.91 Å². The number of carbonyl (C=O) groups excluding carboxylic acids is 1. The Morgan fingerprint density at radius 2 is 2.10 bits per heavy atom. The van der Waals surface area contributed by atoms with Crippen molar-refractivity contribution in [1.29, 1.82) is 0 Å². The van der Waals surface area contributed by atoms with Crippen molar-refractivity contribution in [2.75, 3.05) is 5.32 Å². The van der Waals surface area contributed by atoms with Gasteiger partial charge in [-0.25, -0.2) is 0 Å². The van der Waals surface area contributed by atoms with Gasteiger partial charge in [-0.1, -0.05) is 43.0 Å². The molecule has 0 fully saturated rings. The lowest BCUT2D eigenvalue weighted by Gasteiger charge is -2.13. The van der Waals surface area contributed by atoms with Crippen molar-refractivity contribution in [2.45, 2.75) is 32.2 Å². The van der Waals surface area contributed by atoms with Crippen molar-refractivity contribution < 1.29 is 4.79 Å². The fraction of sp³-hybridized carbons (Fsp3) is 0.417. The fourth-order valence-electron chi connectivity index (χ4n) is 1.76. The highest BCUT2D eigenvalue weighted by Crippen LogP contribution is 2.35. The summed E-state index contributed by atoms with van der Waals surface area (Å²) in [6.45, 7) is 2.05. The van der Waals surface area contributed by atoms with Crippen LogP contribution in [0.4, 0.5) is 5.69 Å². The number of nitrogens with one attached hydrogen (secondary N) is 1. The van der Waals surface area contributed by atoms with Gasteiger partial charge >= 0.3 is 0 Å². The lowest BCUT2D eigenvalue weighted by molar-refractivity contribution is -0.117. The van der Waals surface area contributed by atoms with E-state index in [0.29, 0.717) is 33.2 Å². The molecule has 1 aromatic heterocycles. The third kappa shape index (κ3) is 3.20. The van der Waals surface area contributed by atoms with Crippen molar-refractivity contribution in [3.8, 4) is 0 Å². The first-order valence-electron chi connectivity index (χ1n) is 6.21. The summed E-state index contributed by atoms with van der Waals surface area (Å²) < 4.78 is 8.20. The highest BCUT2D eigenvalue weighted by atomic mass is 35.5. The maximum atomic E-state index is 12.0. The number of hydrogen-bond donors (Lipinski definition) is 2. The zero-order valence-electron chi connectivity index (χ0n) is 10.8. The first kappa shape index (κ1) is 15.4. The maximum absolute atomic E-state index is 12.0. The number of fused-ring (bicyclic) bond motifs is 1. The van der Waals surface area contributed by atoms with E-state index in [1.807, 2.05) is 6.92 Å². The number of amides is 1. The Hall–Kier alpha value is -0.950. The first-order chi connectivity index (χ1) is 9.54. The largest absolute Gasteiger partial charge is 0.322 e. The number of aromatic nitrogens is 2. The molecule has 0 radical (unpaired) electrons. The predicted octanol–water partition coefficient (Wildman–Crippen LogP) is 3.45. The number of hydrogen-bond acceptors (Lipinski definition) is 5. The quantitative estimate of drug-likeness (QED) is 0.878. The normalized spacial score (nSPS) is 12.6. The lowest BCUT2D eigenvalue weighted by Crippen LogP contribution is -2.35. The summed E-state index contributed by atoms with van der Waals surface area (Å²) in [7, 11) is 0. The number of rotatable bonds is 5. The SMILES string of the molecule is CCCCC(N)C(=O)Nc1c(Cl)cc(Cl)c2nsnc12. The molecule has 1 amide bonds. The Morgan fingerprint density at radius 3 is 2.80 bits per heavy atom. The molecule has 0 aliphatic rings. The number of benzene rings is 1. The van der Waals surface area contributed by atoms with E-state index < -0.39 is 6.04 Å². The summed E-state index contributed by atoms with van der Waals surface area (Å²) in [5.41, 5.74) is 7.27. The second-order valence-corrected chi connectivity index (χ2v) is 5.76. The molecule has 0 bridgehead atoms. The van der Waals surface area contributed by atoms with E-state index in [-0.39, 0.29) is 5.91 Å². The van der Waals surface area contributed by atoms with Gasteiger partial charge in [0, 0.05) is 0 Å². The molecular weight excluding hydrogens is 319 g/mol. The Labute approximate surface area is 130 Å². The average molecular weight is 333 g/mol. The summed E-state index contributed by atoms with van der Waals surface area (Å²) in [5, 5.41) is 3.46. The van der Waals surface area contributed by atoms with Crippen LogP contribution in [0.3, 0.4) is 0 Å². The number of nitrogens with two attached hydrogens (primary N) is 1. The molecule has 8 heteroatoms. The van der Waals surface area contributed by atoms with Crippen LogP contribution in [0.5, 0.6) is 0 Å². The van der Waals surface area contributed by atoms with Gasteiger partial charge < -0.3 is 11.1 Å². The van der Waals surface area contributed by atoms with Crippen molar-refractivity contribution >= 4 is 57.6 Å². The molecule has 108 valence electrons. The van der Waals surface area contributed by atoms with Crippen LogP contribution >= 0.6 is 34.9 Å². The second kappa shape index (κ2) is 6.67. The number of carbonyl (C=O) groups is 1. The molecule has 1 aromatic carbocycles. The van der Waals surface area contributed by atoms with E-state index >= 15 is 0 Å². The molecule has 20 heavy (non-hydrogen) atoms. The highest BCUT2D eigenvalue weighted by molar-refractivity contribution is 7.00. The Kier molecular flexibility index (Phi) is 5.15. The summed E-state index contributed by atoms with van der Waals surface area (Å²) in [6, 6.07) is 0.975. The Morgan fingerprint density at radius 1 is 1.40 bits per heavy atom. The molecule has 0 aliphatic carbocycles. The van der Waals surface area contributed by atoms with Crippen LogP contribution in [0.2, 0.25) is 10.0 Å². The molecule has 1 unspecified atom stereocenters. The van der Waals surface area contributed by atoms with E-state index in [0.717, 1.165) is 24.6 Å². The van der Waals surface area contributed by atoms with Gasteiger partial charge in [0.15, 0.2) is 0 Å². The lowest BCUT2D eigenvalue weighted by atomic mass is 10.1. The molecule has 0 aliphatic heterocycles. The standard InChI is InChI=1S/C12H14Cl2N4OS/c1-2-3-4-8(15)12(19)16-9-6(13)5-7(14)10-11(9)18-20-17-10/h5,8H,2-4,15H2,1H3,(H,16,19). The van der Waals surface area contributed by atoms with Crippen LogP contribution in [0.15, 0.2) is 6.07 Å². The van der Waals surface area contributed by atoms with Crippen LogP contribution in [0, 0.1) is 0 Å². The smallest absolute Gasteiger partial charge is 0.241 e. The van der Waals surface area contributed by atoms with E-state index in [4.69, 9.17) is 28.9 Å². The zero-order valence-corrected chi connectivity index (χ0v) is 13.1. The molecule has 0 spiro atoms. The van der Waals surface area contributed by atoms with Crippen LogP contribution < -0.4 is 11.1 Å². The molecule has 5 nitrogen and oxygen atoms in total. The van der Waals surface area contributed by atoms with Gasteiger partial charge in [0.1, 0.15) is 11.0 Å². The zero-order chi connectivity index (χ0) is 14.7. The van der Waals surface area contributed by atoms with Crippen molar-refractivity contribution in [3.63, 3.8) is 0 Å². The fourth-order valence-corrected chi connectivity index (χ4v) is 2.92. The molecule has 3 N–H and O–H groups in total. The van der Waals surface area contributed by atoms with Gasteiger partial charge in [-0.15, -0.1) is 0 Å². The molecule has 2 aromatic rings. The van der Waals surface area contributed by atoms with Crippen molar-refractivity contribution in [2.24, 2.45) is 5.73 Å². The van der Waals surface area contributed by atoms with Gasteiger partial charge in [0.25, 0.3) is 0 Å². The first-order valence-corrected chi connectivity index (χ1v) is 7.70. The second-order valence-electron chi connectivity index (χ2n) is 4.41. The van der Waals surface area contributed by atoms with Crippen LogP contribution in [0.1, 0.15) is 26.2 Å². The monoisotopic (exact) mass is 332 g/mol. The van der Waals surface area contributed by atoms with Gasteiger partial charge in [0.05, 0.1) is 33.5 Å². The minimum atomic E-state index is -0.566. The molecular formula is C12H14Cl2N4OS. The Bertz CT molecular complexity index is 631. The summed E-state index contributed by atoms with van der Waals surface area (Å²) in [5.74, 6) is -0.281. The van der Waals surface area contributed by atoms with E-state index in [9.17, 15) is 4.79 Å². The topological polar surface area (TPSA) is 80.9 Å². The molecule has 2 rings (SSSR count). The summed E-state index contributed by atoms with van der Waals surface area (Å²) >= 11 is 13.2. The average Bonchev–Trinajstić information content (AvgIpc) is 2.90. The highest BCUT2D eigenvalue weighted by Gasteiger charge is 2.19. The Balaban J connectivity index is 2.25. The van der Waals surface area contributed by atoms with Crippen molar-refractivity contribution in [3.05, 3.63) is 16.1 Å². The predicted molar refractivity (Wildman–Crippen MR) is 83.6 cm³/mol. The van der Waals surface area contributed by atoms with Crippen LogP contribution in [0.25, 0.3) is 11.0 Å². The van der Waals surface area contributed by atoms with Gasteiger partial charge in [-0.2, -0.15) is 8.75 Å². The van der Waals surface area contributed by atoms with Crippen LogP contribution in [-0.4, -0.2) is 20.7 Å². The van der Waals surface area contributed by atoms with E-state index in [1.165, 1.54) is 0 Å². The number of unbranched alkanes of at least 4 members (excludes halogenated alkanes) is 1. The molecule has 0 saturated carbocycles. The minimum absolute atomic E-state index is 0.281. The van der Waals surface area contributed by atoms with E-state index in [1.54, 1.807) is 6.07 Å². The third-order valence-electron chi connectivity index (χ3n) is 2.90. The molecule has 1 heterocycles. The van der Waals surface area contributed by atoms with Crippen LogP contribution in [-0.2, 0) is 4.79 Å². The third-order valence-corrected chi connectivity index (χ3v) is 4.01. The molecule has 0 saturated heterocycles. The maximum Gasteiger partial charge on any atom is 0.241 e.